The molecule has 4 aromatic rings. The first-order valence-electron chi connectivity index (χ1n) is 17.0. The van der Waals surface area contributed by atoms with Crippen molar-refractivity contribution in [2.75, 3.05) is 68.5 Å². The van der Waals surface area contributed by atoms with Crippen molar-refractivity contribution in [2.24, 2.45) is 0 Å². The fraction of sp³-hybridized carbons (Fsp3) is 0.371. The second kappa shape index (κ2) is 15.9. The van der Waals surface area contributed by atoms with Gasteiger partial charge >= 0.3 is 6.18 Å². The fourth-order valence-corrected chi connectivity index (χ4v) is 6.56. The molecular formula is C35H36ClF4N9O5. The molecule has 3 N–H and O–H groups in total. The number of piperazine rings is 1. The van der Waals surface area contributed by atoms with Crippen LogP contribution in [0.2, 0.25) is 5.02 Å². The van der Waals surface area contributed by atoms with Gasteiger partial charge in [0.05, 0.1) is 41.7 Å². The Labute approximate surface area is 310 Å². The maximum Gasteiger partial charge on any atom is 0.416 e. The SMILES string of the molecule is CCc1c(N2CCN(C(=O)CNC(=O)c3cc(F)cc(NC)c3)CC2)c(=O)n2nc(C3=CCOCC3)nc2n1CC(=O)Nc1ccc(C(F)(F)F)cc1Cl. The summed E-state index contributed by atoms with van der Waals surface area (Å²) in [6, 6.07) is 6.36. The smallest absolute Gasteiger partial charge is 0.388 e. The predicted molar refractivity (Wildman–Crippen MR) is 192 cm³/mol. The van der Waals surface area contributed by atoms with E-state index in [0.29, 0.717) is 31.0 Å². The molecular weight excluding hydrogens is 738 g/mol. The topological polar surface area (TPSA) is 155 Å². The number of anilines is 3. The number of amides is 3. The Morgan fingerprint density at radius 2 is 1.81 bits per heavy atom. The summed E-state index contributed by atoms with van der Waals surface area (Å²) in [7, 11) is 1.59. The minimum Gasteiger partial charge on any atom is -0.388 e. The molecule has 286 valence electrons. The molecule has 0 spiro atoms. The number of nitrogens with zero attached hydrogens (tertiary/aromatic N) is 6. The summed E-state index contributed by atoms with van der Waals surface area (Å²) in [5.74, 6) is -1.87. The van der Waals surface area contributed by atoms with Crippen LogP contribution in [0, 0.1) is 5.82 Å². The van der Waals surface area contributed by atoms with Crippen molar-refractivity contribution < 1.29 is 36.7 Å². The van der Waals surface area contributed by atoms with Crippen LogP contribution in [-0.4, -0.2) is 94.8 Å². The zero-order valence-corrected chi connectivity index (χ0v) is 30.0. The van der Waals surface area contributed by atoms with E-state index in [-0.39, 0.29) is 78.6 Å². The van der Waals surface area contributed by atoms with Gasteiger partial charge in [-0.25, -0.2) is 4.39 Å². The van der Waals surface area contributed by atoms with Crippen LogP contribution in [0.3, 0.4) is 0 Å². The first kappa shape index (κ1) is 38.2. The number of hydrogen-bond donors (Lipinski definition) is 3. The minimum atomic E-state index is -4.62. The fourth-order valence-electron chi connectivity index (χ4n) is 6.34. The van der Waals surface area contributed by atoms with Gasteiger partial charge in [0, 0.05) is 44.5 Å². The maximum absolute atomic E-state index is 14.2. The number of halogens is 5. The van der Waals surface area contributed by atoms with Crippen LogP contribution in [-0.2, 0) is 33.5 Å². The lowest BCUT2D eigenvalue weighted by Crippen LogP contribution is -2.52. The van der Waals surface area contributed by atoms with Crippen molar-refractivity contribution in [3.8, 4) is 0 Å². The third-order valence-electron chi connectivity index (χ3n) is 9.08. The van der Waals surface area contributed by atoms with Crippen molar-refractivity contribution in [2.45, 2.75) is 32.5 Å². The Morgan fingerprint density at radius 3 is 2.46 bits per heavy atom. The largest absolute Gasteiger partial charge is 0.416 e. The van der Waals surface area contributed by atoms with E-state index in [1.165, 1.54) is 17.0 Å². The van der Waals surface area contributed by atoms with Crippen molar-refractivity contribution in [1.82, 2.24) is 29.4 Å². The number of ether oxygens (including phenoxy) is 1. The van der Waals surface area contributed by atoms with Crippen LogP contribution in [0.15, 0.2) is 47.3 Å². The van der Waals surface area contributed by atoms with Gasteiger partial charge in [0.25, 0.3) is 11.5 Å². The van der Waals surface area contributed by atoms with Crippen molar-refractivity contribution in [3.05, 3.63) is 86.3 Å². The number of rotatable bonds is 10. The molecule has 14 nitrogen and oxygen atoms in total. The lowest BCUT2D eigenvalue weighted by Gasteiger charge is -2.36. The highest BCUT2D eigenvalue weighted by Gasteiger charge is 2.32. The summed E-state index contributed by atoms with van der Waals surface area (Å²) in [5.41, 5.74) is 0.417. The molecule has 0 aliphatic carbocycles. The van der Waals surface area contributed by atoms with E-state index in [4.69, 9.17) is 16.3 Å². The monoisotopic (exact) mass is 773 g/mol. The molecule has 6 rings (SSSR count). The molecule has 2 aromatic carbocycles. The normalized spacial score (nSPS) is 14.9. The van der Waals surface area contributed by atoms with E-state index in [9.17, 15) is 36.7 Å². The summed E-state index contributed by atoms with van der Waals surface area (Å²) < 4.78 is 61.6. The van der Waals surface area contributed by atoms with Crippen LogP contribution in [0.25, 0.3) is 11.4 Å². The third-order valence-corrected chi connectivity index (χ3v) is 9.39. The Kier molecular flexibility index (Phi) is 11.2. The van der Waals surface area contributed by atoms with E-state index < -0.39 is 41.5 Å². The molecule has 0 unspecified atom stereocenters. The molecule has 1 saturated heterocycles. The number of hydrogen-bond acceptors (Lipinski definition) is 9. The molecule has 0 radical (unpaired) electrons. The van der Waals surface area contributed by atoms with Gasteiger partial charge in [-0.1, -0.05) is 24.6 Å². The van der Waals surface area contributed by atoms with Gasteiger partial charge in [0.1, 0.15) is 18.0 Å². The minimum absolute atomic E-state index is 0.0323. The van der Waals surface area contributed by atoms with Gasteiger partial charge in [0.2, 0.25) is 17.6 Å². The highest BCUT2D eigenvalue weighted by Crippen LogP contribution is 2.34. The Morgan fingerprint density at radius 1 is 1.06 bits per heavy atom. The number of carbonyl (C=O) groups excluding carboxylic acids is 3. The molecule has 4 heterocycles. The third kappa shape index (κ3) is 8.18. The highest BCUT2D eigenvalue weighted by atomic mass is 35.5. The van der Waals surface area contributed by atoms with E-state index in [1.54, 1.807) is 23.4 Å². The Balaban J connectivity index is 1.24. The molecule has 3 amide bonds. The van der Waals surface area contributed by atoms with E-state index in [0.717, 1.165) is 34.4 Å². The molecule has 0 saturated carbocycles. The van der Waals surface area contributed by atoms with E-state index in [1.807, 2.05) is 6.08 Å². The van der Waals surface area contributed by atoms with Crippen LogP contribution < -0.4 is 26.4 Å². The summed E-state index contributed by atoms with van der Waals surface area (Å²) in [6.07, 6.45) is -2.04. The molecule has 1 fully saturated rings. The van der Waals surface area contributed by atoms with E-state index >= 15 is 0 Å². The van der Waals surface area contributed by atoms with Gasteiger partial charge in [-0.2, -0.15) is 22.7 Å². The Hall–Kier alpha value is -5.49. The molecule has 2 aliphatic heterocycles. The Bertz CT molecular complexity index is 2200. The zero-order valence-electron chi connectivity index (χ0n) is 29.2. The first-order valence-corrected chi connectivity index (χ1v) is 17.4. The summed E-state index contributed by atoms with van der Waals surface area (Å²) in [6.45, 7) is 2.69. The van der Waals surface area contributed by atoms with Crippen molar-refractivity contribution in [3.63, 3.8) is 0 Å². The number of aromatic nitrogens is 4. The van der Waals surface area contributed by atoms with Gasteiger partial charge < -0.3 is 35.1 Å². The molecule has 54 heavy (non-hydrogen) atoms. The lowest BCUT2D eigenvalue weighted by molar-refractivity contribution is -0.137. The average Bonchev–Trinajstić information content (AvgIpc) is 3.61. The van der Waals surface area contributed by atoms with Crippen LogP contribution in [0.1, 0.15) is 40.8 Å². The number of nitrogens with one attached hydrogen (secondary N) is 3. The predicted octanol–water partition coefficient (Wildman–Crippen LogP) is 3.83. The molecule has 2 aromatic heterocycles. The highest BCUT2D eigenvalue weighted by molar-refractivity contribution is 6.33. The summed E-state index contributed by atoms with van der Waals surface area (Å²) in [4.78, 5) is 61.4. The number of benzene rings is 2. The maximum atomic E-state index is 14.2. The van der Waals surface area contributed by atoms with Gasteiger partial charge in [-0.05, 0) is 54.8 Å². The quantitative estimate of drug-likeness (QED) is 0.204. The number of alkyl halides is 3. The molecule has 0 bridgehead atoms. The number of fused-ring (bicyclic) bond motifs is 1. The van der Waals surface area contributed by atoms with Gasteiger partial charge in [-0.15, -0.1) is 5.10 Å². The lowest BCUT2D eigenvalue weighted by atomic mass is 10.1. The second-order valence-electron chi connectivity index (χ2n) is 12.5. The zero-order chi connectivity index (χ0) is 38.7. The molecule has 2 aliphatic rings. The van der Waals surface area contributed by atoms with Gasteiger partial charge in [0.15, 0.2) is 5.82 Å². The summed E-state index contributed by atoms with van der Waals surface area (Å²) >= 11 is 6.11. The molecule has 19 heteroatoms. The van der Waals surface area contributed by atoms with Crippen LogP contribution >= 0.6 is 11.6 Å². The molecule has 0 atom stereocenters. The first-order chi connectivity index (χ1) is 25.8. The van der Waals surface area contributed by atoms with Crippen molar-refractivity contribution in [1.29, 1.82) is 0 Å². The van der Waals surface area contributed by atoms with E-state index in [2.05, 4.69) is 26.0 Å². The van der Waals surface area contributed by atoms with Crippen molar-refractivity contribution >= 4 is 57.7 Å². The summed E-state index contributed by atoms with van der Waals surface area (Å²) in [5, 5.41) is 12.1. The van der Waals surface area contributed by atoms with Gasteiger partial charge in [-0.3, -0.25) is 19.2 Å². The second-order valence-corrected chi connectivity index (χ2v) is 12.9. The van der Waals surface area contributed by atoms with Crippen LogP contribution in [0.4, 0.5) is 34.6 Å². The number of carbonyl (C=O) groups is 3. The standard InChI is InChI=1S/C35H36ClF4N9O5/c1-3-27-30(47-10-8-46(9-11-47)29(51)18-42-32(52)21-14-23(37)17-24(15-21)41-2)33(53)49-34(44-31(45-49)20-6-12-54-13-7-20)48(27)19-28(50)43-26-5-4-22(16-25(26)36)35(38,39)40/h4-6,14-17,41H,3,7-13,18-19H2,1-2H3,(H,42,52)(H,43,50). The average molecular weight is 774 g/mol. The van der Waals surface area contributed by atoms with Crippen LogP contribution in [0.5, 0.6) is 0 Å².